The van der Waals surface area contributed by atoms with Gasteiger partial charge in [-0.15, -0.1) is 0 Å². The van der Waals surface area contributed by atoms with Gasteiger partial charge in [0.1, 0.15) is 17.7 Å². The van der Waals surface area contributed by atoms with Gasteiger partial charge in [-0.1, -0.05) is 43.4 Å². The third-order valence-corrected chi connectivity index (χ3v) is 7.34. The summed E-state index contributed by atoms with van der Waals surface area (Å²) in [7, 11) is -1.17. The van der Waals surface area contributed by atoms with Crippen LogP contribution in [0.3, 0.4) is 0 Å². The normalized spacial score (nSPS) is 21.0. The lowest BCUT2D eigenvalue weighted by Gasteiger charge is -2.23. The number of carbonyl (C=O) groups is 1. The molecule has 2 aromatic heterocycles. The van der Waals surface area contributed by atoms with E-state index in [-0.39, 0.29) is 12.6 Å². The number of amides is 1. The molecule has 0 saturated heterocycles. The van der Waals surface area contributed by atoms with Crippen molar-refractivity contribution in [1.29, 1.82) is 0 Å². The first kappa shape index (κ1) is 18.6. The third kappa shape index (κ3) is 3.30. The summed E-state index contributed by atoms with van der Waals surface area (Å²) in [6.45, 7) is 7.87. The maximum Gasteiger partial charge on any atom is 0.241 e. The number of hydrogen-bond acceptors (Lipinski definition) is 4. The van der Waals surface area contributed by atoms with Crippen LogP contribution in [0.25, 0.3) is 0 Å². The van der Waals surface area contributed by atoms with Gasteiger partial charge in [0.2, 0.25) is 5.91 Å². The second-order valence-electron chi connectivity index (χ2n) is 8.63. The van der Waals surface area contributed by atoms with Gasteiger partial charge < -0.3 is 4.74 Å². The van der Waals surface area contributed by atoms with Gasteiger partial charge in [-0.05, 0) is 30.2 Å². The Bertz CT molecular complexity index is 899. The number of ether oxygens (including phenoxy) is 1. The van der Waals surface area contributed by atoms with Crippen molar-refractivity contribution < 1.29 is 9.53 Å². The molecule has 4 rings (SSSR count). The highest BCUT2D eigenvalue weighted by atomic mass is 35.5. The Labute approximate surface area is 165 Å². The molecule has 0 radical (unpaired) electrons. The van der Waals surface area contributed by atoms with Crippen LogP contribution in [0.2, 0.25) is 30.8 Å². The van der Waals surface area contributed by atoms with Crippen LogP contribution in [0.4, 0.5) is 5.82 Å². The van der Waals surface area contributed by atoms with Gasteiger partial charge >= 0.3 is 0 Å². The Hall–Kier alpha value is -1.76. The molecule has 2 aromatic rings. The lowest BCUT2D eigenvalue weighted by atomic mass is 9.80. The van der Waals surface area contributed by atoms with Gasteiger partial charge in [-0.2, -0.15) is 0 Å². The van der Waals surface area contributed by atoms with E-state index < -0.39 is 13.5 Å². The number of aromatic nitrogens is 2. The molecular formula is C20H24ClN3O2Si. The molecule has 7 heteroatoms. The van der Waals surface area contributed by atoms with Gasteiger partial charge in [0, 0.05) is 38.6 Å². The van der Waals surface area contributed by atoms with Crippen LogP contribution in [-0.4, -0.2) is 37.3 Å². The molecule has 1 aliphatic heterocycles. The zero-order valence-electron chi connectivity index (χ0n) is 16.0. The van der Waals surface area contributed by atoms with Crippen LogP contribution in [0.5, 0.6) is 0 Å². The maximum atomic E-state index is 13.5. The molecule has 2 aliphatic rings. The van der Waals surface area contributed by atoms with Crippen LogP contribution in [0, 0.1) is 0 Å². The Morgan fingerprint density at radius 3 is 2.85 bits per heavy atom. The topological polar surface area (TPSA) is 55.3 Å². The van der Waals surface area contributed by atoms with Crippen molar-refractivity contribution in [3.8, 4) is 0 Å². The third-order valence-electron chi connectivity index (χ3n) is 5.43. The van der Waals surface area contributed by atoms with Crippen LogP contribution in [0.15, 0.2) is 30.5 Å². The first-order valence-electron chi connectivity index (χ1n) is 9.30. The summed E-state index contributed by atoms with van der Waals surface area (Å²) < 4.78 is 5.88. The minimum absolute atomic E-state index is 0.0540. The fraction of sp³-hybridized carbons (Fsp3) is 0.450. The van der Waals surface area contributed by atoms with Crippen LogP contribution < -0.4 is 4.90 Å². The predicted octanol–water partition coefficient (Wildman–Crippen LogP) is 3.83. The molecule has 0 bridgehead atoms. The minimum atomic E-state index is -1.17. The van der Waals surface area contributed by atoms with E-state index in [1.54, 1.807) is 17.2 Å². The van der Waals surface area contributed by atoms with Crippen molar-refractivity contribution in [2.24, 2.45) is 0 Å². The fourth-order valence-corrected chi connectivity index (χ4v) is 4.86. The maximum absolute atomic E-state index is 13.5. The van der Waals surface area contributed by atoms with Crippen molar-refractivity contribution in [2.75, 3.05) is 18.2 Å². The first-order valence-corrected chi connectivity index (χ1v) is 13.4. The molecule has 3 heterocycles. The monoisotopic (exact) mass is 401 g/mol. The molecule has 0 N–H and O–H groups in total. The summed E-state index contributed by atoms with van der Waals surface area (Å²) in [6.07, 6.45) is 2.93. The van der Waals surface area contributed by atoms with Crippen molar-refractivity contribution in [3.05, 3.63) is 52.4 Å². The second kappa shape index (κ2) is 6.69. The Balaban J connectivity index is 1.60. The number of fused-ring (bicyclic) bond motifs is 3. The van der Waals surface area contributed by atoms with Crippen LogP contribution in [0.1, 0.15) is 16.8 Å². The molecule has 0 fully saturated rings. The summed E-state index contributed by atoms with van der Waals surface area (Å²) in [5.41, 5.74) is 2.33. The zero-order valence-corrected chi connectivity index (χ0v) is 17.7. The van der Waals surface area contributed by atoms with Gasteiger partial charge in [-0.25, -0.2) is 9.97 Å². The second-order valence-corrected chi connectivity index (χ2v) is 14.6. The molecule has 0 saturated carbocycles. The van der Waals surface area contributed by atoms with Gasteiger partial charge in [-0.3, -0.25) is 9.69 Å². The van der Waals surface area contributed by atoms with E-state index in [0.717, 1.165) is 28.7 Å². The zero-order chi connectivity index (χ0) is 19.2. The number of hydrogen-bond donors (Lipinski definition) is 0. The highest BCUT2D eigenvalue weighted by Crippen LogP contribution is 2.48. The molecule has 1 unspecified atom stereocenters. The van der Waals surface area contributed by atoms with E-state index in [1.807, 2.05) is 18.2 Å². The Kier molecular flexibility index (Phi) is 4.61. The average molecular weight is 402 g/mol. The number of nitrogens with zero attached hydrogens (tertiary/aromatic N) is 3. The molecule has 1 aliphatic carbocycles. The summed E-state index contributed by atoms with van der Waals surface area (Å²) in [6, 6.07) is 8.75. The number of pyridine rings is 2. The SMILES string of the molecule is C[Si](C)(C)CCOCN1C(=O)C2(Cc3ccc(Cl)nc3C2)c2cccnc21. The summed E-state index contributed by atoms with van der Waals surface area (Å²) in [5, 5.41) is 0.467. The standard InChI is InChI=1S/C20H24ClN3O2Si/c1-27(2,3)10-9-26-13-24-18-15(5-4-8-22-18)20(19(24)25)11-14-6-7-17(21)23-16(14)12-20/h4-8H,9-13H2,1-3H3. The quantitative estimate of drug-likeness (QED) is 0.434. The van der Waals surface area contributed by atoms with Gasteiger partial charge in [0.05, 0.1) is 5.41 Å². The summed E-state index contributed by atoms with van der Waals surface area (Å²) in [4.78, 5) is 24.1. The fourth-order valence-electron chi connectivity index (χ4n) is 3.94. The number of anilines is 1. The van der Waals surface area contributed by atoms with E-state index in [9.17, 15) is 4.79 Å². The first-order chi connectivity index (χ1) is 12.8. The predicted molar refractivity (Wildman–Crippen MR) is 109 cm³/mol. The van der Waals surface area contributed by atoms with E-state index >= 15 is 0 Å². The molecular weight excluding hydrogens is 378 g/mol. The Morgan fingerprint density at radius 2 is 2.07 bits per heavy atom. The summed E-state index contributed by atoms with van der Waals surface area (Å²) >= 11 is 6.07. The lowest BCUT2D eigenvalue weighted by molar-refractivity contribution is -0.124. The van der Waals surface area contributed by atoms with Crippen molar-refractivity contribution >= 4 is 31.4 Å². The minimum Gasteiger partial charge on any atom is -0.361 e. The largest absolute Gasteiger partial charge is 0.361 e. The van der Waals surface area contributed by atoms with Gasteiger partial charge in [0.15, 0.2) is 0 Å². The average Bonchev–Trinajstić information content (AvgIpc) is 3.09. The van der Waals surface area contributed by atoms with Crippen molar-refractivity contribution in [2.45, 2.75) is 43.9 Å². The van der Waals surface area contributed by atoms with E-state index in [1.165, 1.54) is 0 Å². The van der Waals surface area contributed by atoms with E-state index in [0.29, 0.717) is 24.6 Å². The molecule has 1 spiro atoms. The number of rotatable bonds is 5. The summed E-state index contributed by atoms with van der Waals surface area (Å²) in [5.74, 6) is 0.771. The molecule has 27 heavy (non-hydrogen) atoms. The molecule has 1 atom stereocenters. The smallest absolute Gasteiger partial charge is 0.241 e. The molecule has 0 aromatic carbocycles. The van der Waals surface area contributed by atoms with E-state index in [2.05, 4.69) is 29.6 Å². The van der Waals surface area contributed by atoms with Crippen molar-refractivity contribution in [1.82, 2.24) is 9.97 Å². The molecule has 5 nitrogen and oxygen atoms in total. The lowest BCUT2D eigenvalue weighted by Crippen LogP contribution is -2.42. The Morgan fingerprint density at radius 1 is 1.26 bits per heavy atom. The highest BCUT2D eigenvalue weighted by molar-refractivity contribution is 6.76. The van der Waals surface area contributed by atoms with Crippen molar-refractivity contribution in [3.63, 3.8) is 0 Å². The number of halogens is 1. The van der Waals surface area contributed by atoms with E-state index in [4.69, 9.17) is 16.3 Å². The number of carbonyl (C=O) groups excluding carboxylic acids is 1. The van der Waals surface area contributed by atoms with Crippen LogP contribution >= 0.6 is 11.6 Å². The molecule has 142 valence electrons. The highest BCUT2D eigenvalue weighted by Gasteiger charge is 2.55. The molecule has 1 amide bonds. The van der Waals surface area contributed by atoms with Crippen LogP contribution in [-0.2, 0) is 27.8 Å². The van der Waals surface area contributed by atoms with Gasteiger partial charge in [0.25, 0.3) is 0 Å².